The van der Waals surface area contributed by atoms with E-state index in [1.165, 1.54) is 0 Å². The van der Waals surface area contributed by atoms with Gasteiger partial charge in [-0.2, -0.15) is 8.42 Å². The predicted molar refractivity (Wildman–Crippen MR) is 60.5 cm³/mol. The topological polar surface area (TPSA) is 80.8 Å². The summed E-state index contributed by atoms with van der Waals surface area (Å²) in [6, 6.07) is 0. The maximum Gasteiger partial charge on any atom is 0.268 e. The van der Waals surface area contributed by atoms with Crippen LogP contribution in [0.3, 0.4) is 0 Å². The highest BCUT2D eigenvalue weighted by atomic mass is 32.2. The van der Waals surface area contributed by atoms with Crippen molar-refractivity contribution in [2.24, 2.45) is 0 Å². The molecule has 96 valence electrons. The van der Waals surface area contributed by atoms with Crippen LogP contribution in [-0.2, 0) is 24.1 Å². The Morgan fingerprint density at radius 1 is 1.25 bits per heavy atom. The van der Waals surface area contributed by atoms with Gasteiger partial charge in [0.1, 0.15) is 0 Å². The third-order valence-electron chi connectivity index (χ3n) is 2.39. The molecule has 1 fully saturated rings. The van der Waals surface area contributed by atoms with Gasteiger partial charge in [0, 0.05) is 19.6 Å². The molecular weight excluding hydrogens is 254 g/mol. The second-order valence-corrected chi connectivity index (χ2v) is 7.72. The Morgan fingerprint density at radius 2 is 1.81 bits per heavy atom. The molecule has 0 aromatic rings. The van der Waals surface area contributed by atoms with Gasteiger partial charge in [-0.3, -0.25) is 4.18 Å². The van der Waals surface area contributed by atoms with Crippen LogP contribution in [0.5, 0.6) is 0 Å². The zero-order valence-electron chi connectivity index (χ0n) is 9.25. The fourth-order valence-electron chi connectivity index (χ4n) is 1.45. The van der Waals surface area contributed by atoms with Crippen molar-refractivity contribution in [1.29, 1.82) is 0 Å². The third kappa shape index (κ3) is 4.77. The summed E-state index contributed by atoms with van der Waals surface area (Å²) in [4.78, 5) is 1.83. The maximum atomic E-state index is 11.2. The zero-order valence-corrected chi connectivity index (χ0v) is 10.9. The van der Waals surface area contributed by atoms with Gasteiger partial charge < -0.3 is 4.90 Å². The Kier molecular flexibility index (Phi) is 4.72. The molecule has 0 atom stereocenters. The zero-order chi connectivity index (χ0) is 12.2. The second-order valence-electron chi connectivity index (χ2n) is 3.66. The van der Waals surface area contributed by atoms with E-state index < -0.39 is 20.0 Å². The molecule has 0 aromatic heterocycles. The summed E-state index contributed by atoms with van der Waals surface area (Å²) in [5, 5.41) is 0. The summed E-state index contributed by atoms with van der Waals surface area (Å²) in [5.74, 6) is 0.143. The van der Waals surface area contributed by atoms with Crippen molar-refractivity contribution in [3.8, 4) is 0 Å². The van der Waals surface area contributed by atoms with Crippen molar-refractivity contribution < 1.29 is 21.0 Å². The highest BCUT2D eigenvalue weighted by molar-refractivity contribution is 7.91. The SMILES string of the molecule is CCOS(=O)(=O)CCN1CCS(=O)(=O)CC1. The summed E-state index contributed by atoms with van der Waals surface area (Å²) in [6.45, 7) is 2.90. The number of sulfone groups is 1. The van der Waals surface area contributed by atoms with E-state index in [4.69, 9.17) is 0 Å². The van der Waals surface area contributed by atoms with Gasteiger partial charge in [-0.25, -0.2) is 8.42 Å². The molecule has 0 aromatic carbocycles. The first-order chi connectivity index (χ1) is 7.35. The average Bonchev–Trinajstić information content (AvgIpc) is 2.16. The first kappa shape index (κ1) is 13.9. The van der Waals surface area contributed by atoms with Crippen LogP contribution >= 0.6 is 0 Å². The molecule has 0 aliphatic carbocycles. The van der Waals surface area contributed by atoms with Gasteiger partial charge in [-0.1, -0.05) is 0 Å². The van der Waals surface area contributed by atoms with Gasteiger partial charge >= 0.3 is 0 Å². The van der Waals surface area contributed by atoms with Gasteiger partial charge in [0.15, 0.2) is 9.84 Å². The van der Waals surface area contributed by atoms with Gasteiger partial charge in [-0.15, -0.1) is 0 Å². The molecule has 1 saturated heterocycles. The maximum absolute atomic E-state index is 11.2. The van der Waals surface area contributed by atoms with Gasteiger partial charge in [0.05, 0.1) is 23.9 Å². The van der Waals surface area contributed by atoms with E-state index in [-0.39, 0.29) is 23.9 Å². The Morgan fingerprint density at radius 3 is 2.31 bits per heavy atom. The van der Waals surface area contributed by atoms with E-state index in [0.29, 0.717) is 19.6 Å². The normalized spacial score (nSPS) is 22.1. The lowest BCUT2D eigenvalue weighted by Gasteiger charge is -2.25. The molecule has 1 aliphatic heterocycles. The van der Waals surface area contributed by atoms with E-state index in [2.05, 4.69) is 4.18 Å². The van der Waals surface area contributed by atoms with Crippen LogP contribution in [-0.4, -0.2) is 65.2 Å². The molecule has 0 unspecified atom stereocenters. The lowest BCUT2D eigenvalue weighted by atomic mass is 10.5. The molecule has 0 spiro atoms. The van der Waals surface area contributed by atoms with Crippen molar-refractivity contribution in [1.82, 2.24) is 4.90 Å². The Bertz CT molecular complexity index is 400. The molecule has 1 rings (SSSR count). The van der Waals surface area contributed by atoms with Crippen LogP contribution in [0, 0.1) is 0 Å². The molecule has 0 amide bonds. The lowest BCUT2D eigenvalue weighted by molar-refractivity contribution is 0.298. The third-order valence-corrected chi connectivity index (χ3v) is 5.28. The van der Waals surface area contributed by atoms with Crippen molar-refractivity contribution in [3.05, 3.63) is 0 Å². The fraction of sp³-hybridized carbons (Fsp3) is 1.00. The van der Waals surface area contributed by atoms with E-state index in [1.54, 1.807) is 6.92 Å². The Balaban J connectivity index is 2.36. The highest BCUT2D eigenvalue weighted by Gasteiger charge is 2.22. The minimum Gasteiger partial charge on any atom is -0.300 e. The molecule has 6 nitrogen and oxygen atoms in total. The van der Waals surface area contributed by atoms with E-state index in [1.807, 2.05) is 4.90 Å². The Hall–Kier alpha value is -0.180. The van der Waals surface area contributed by atoms with Crippen LogP contribution in [0.15, 0.2) is 0 Å². The van der Waals surface area contributed by atoms with Crippen molar-refractivity contribution >= 4 is 20.0 Å². The summed E-state index contributed by atoms with van der Waals surface area (Å²) < 4.78 is 49.3. The minimum atomic E-state index is -3.45. The van der Waals surface area contributed by atoms with Gasteiger partial charge in [0.2, 0.25) is 0 Å². The van der Waals surface area contributed by atoms with Gasteiger partial charge in [-0.05, 0) is 6.92 Å². The van der Waals surface area contributed by atoms with Crippen LogP contribution in [0.4, 0.5) is 0 Å². The van der Waals surface area contributed by atoms with Crippen molar-refractivity contribution in [2.45, 2.75) is 6.92 Å². The largest absolute Gasteiger partial charge is 0.300 e. The van der Waals surface area contributed by atoms with Crippen molar-refractivity contribution in [3.63, 3.8) is 0 Å². The molecular formula is C8H17NO5S2. The summed E-state index contributed by atoms with van der Waals surface area (Å²) >= 11 is 0. The summed E-state index contributed by atoms with van der Waals surface area (Å²) in [7, 11) is -6.35. The average molecular weight is 271 g/mol. The summed E-state index contributed by atoms with van der Waals surface area (Å²) in [6.07, 6.45) is 0. The Labute approximate surface area is 96.6 Å². The van der Waals surface area contributed by atoms with E-state index >= 15 is 0 Å². The lowest BCUT2D eigenvalue weighted by Crippen LogP contribution is -2.42. The van der Waals surface area contributed by atoms with E-state index in [0.717, 1.165) is 0 Å². The summed E-state index contributed by atoms with van der Waals surface area (Å²) in [5.41, 5.74) is 0. The quantitative estimate of drug-likeness (QED) is 0.602. The molecule has 0 N–H and O–H groups in total. The van der Waals surface area contributed by atoms with Crippen LogP contribution in [0.25, 0.3) is 0 Å². The molecule has 1 heterocycles. The number of nitrogens with zero attached hydrogens (tertiary/aromatic N) is 1. The monoisotopic (exact) mass is 271 g/mol. The molecule has 0 radical (unpaired) electrons. The predicted octanol–water partition coefficient (Wildman–Crippen LogP) is -0.917. The second kappa shape index (κ2) is 5.44. The molecule has 0 saturated carbocycles. The molecule has 1 aliphatic rings. The number of hydrogen-bond acceptors (Lipinski definition) is 6. The molecule has 0 bridgehead atoms. The first-order valence-electron chi connectivity index (χ1n) is 5.14. The van der Waals surface area contributed by atoms with E-state index in [9.17, 15) is 16.8 Å². The van der Waals surface area contributed by atoms with Crippen LogP contribution < -0.4 is 0 Å². The number of rotatable bonds is 5. The smallest absolute Gasteiger partial charge is 0.268 e. The van der Waals surface area contributed by atoms with Crippen molar-refractivity contribution in [2.75, 3.05) is 43.5 Å². The van der Waals surface area contributed by atoms with Crippen LogP contribution in [0.1, 0.15) is 6.92 Å². The van der Waals surface area contributed by atoms with Crippen LogP contribution in [0.2, 0.25) is 0 Å². The standard InChI is InChI=1S/C8H17NO5S2/c1-2-14-16(12,13)8-5-9-3-6-15(10,11)7-4-9/h2-8H2,1H3. The molecule has 8 heteroatoms. The molecule has 16 heavy (non-hydrogen) atoms. The van der Waals surface area contributed by atoms with Gasteiger partial charge in [0.25, 0.3) is 10.1 Å². The number of hydrogen-bond donors (Lipinski definition) is 0. The fourth-order valence-corrected chi connectivity index (χ4v) is 3.69. The highest BCUT2D eigenvalue weighted by Crippen LogP contribution is 2.04. The minimum absolute atomic E-state index is 0.0825. The first-order valence-corrected chi connectivity index (χ1v) is 8.54.